The van der Waals surface area contributed by atoms with Crippen molar-refractivity contribution in [1.29, 1.82) is 0 Å². The topological polar surface area (TPSA) is 17.3 Å². The molecule has 0 N–H and O–H groups in total. The fraction of sp³-hybridized carbons (Fsp3) is 0. The van der Waals surface area contributed by atoms with Gasteiger partial charge in [-0.3, -0.25) is 4.40 Å². The van der Waals surface area contributed by atoms with Crippen LogP contribution in [-0.4, -0.2) is 9.38 Å². The lowest BCUT2D eigenvalue weighted by atomic mass is 10.0. The molecule has 0 aliphatic carbocycles. The number of para-hydroxylation sites is 2. The van der Waals surface area contributed by atoms with Gasteiger partial charge in [0.15, 0.2) is 0 Å². The Morgan fingerprint density at radius 3 is 1.82 bits per heavy atom. The second-order valence-corrected chi connectivity index (χ2v) is 8.52. The summed E-state index contributed by atoms with van der Waals surface area (Å²) in [5, 5.41) is 8.39. The van der Waals surface area contributed by atoms with Gasteiger partial charge in [0.25, 0.3) is 0 Å². The standard InChI is InChI=1S/C31H20N2/c1-2-15-28-24-11-7-13-26(20-24)33-30-17-4-3-16-29(30)32-31(33)25-12-6-9-22(19-25)21-8-5-10-23(18-21)27(28)14-1/h1-20H. The third-order valence-electron chi connectivity index (χ3n) is 6.53. The molecule has 7 aromatic rings. The quantitative estimate of drug-likeness (QED) is 0.241. The molecule has 2 aromatic heterocycles. The van der Waals surface area contributed by atoms with Gasteiger partial charge in [-0.25, -0.2) is 4.98 Å². The van der Waals surface area contributed by atoms with E-state index in [-0.39, 0.29) is 0 Å². The van der Waals surface area contributed by atoms with E-state index in [4.69, 9.17) is 4.98 Å². The lowest BCUT2D eigenvalue weighted by Crippen LogP contribution is -1.85. The number of imidazole rings is 1. The molecule has 154 valence electrons. The van der Waals surface area contributed by atoms with Gasteiger partial charge in [-0.1, -0.05) is 84.9 Å². The Kier molecular flexibility index (Phi) is 3.88. The Morgan fingerprint density at radius 2 is 1.03 bits per heavy atom. The molecule has 5 aromatic carbocycles. The summed E-state index contributed by atoms with van der Waals surface area (Å²) < 4.78 is 2.29. The Bertz CT molecular complexity index is 1930. The molecule has 0 radical (unpaired) electrons. The highest BCUT2D eigenvalue weighted by atomic mass is 15.0. The van der Waals surface area contributed by atoms with Crippen molar-refractivity contribution in [3.8, 4) is 0 Å². The Morgan fingerprint density at radius 1 is 0.455 bits per heavy atom. The highest BCUT2D eigenvalue weighted by Gasteiger charge is 2.07. The molecule has 0 unspecified atom stereocenters. The van der Waals surface area contributed by atoms with Gasteiger partial charge in [0.2, 0.25) is 0 Å². The summed E-state index contributed by atoms with van der Waals surface area (Å²) in [4.78, 5) is 5.07. The lowest BCUT2D eigenvalue weighted by molar-refractivity contribution is 1.31. The minimum atomic E-state index is 0.957. The van der Waals surface area contributed by atoms with Crippen molar-refractivity contribution in [2.75, 3.05) is 0 Å². The van der Waals surface area contributed by atoms with Crippen LogP contribution in [0.3, 0.4) is 0 Å². The minimum Gasteiger partial charge on any atom is -0.292 e. The second kappa shape index (κ2) is 7.04. The Labute approximate surface area is 190 Å². The molecule has 0 atom stereocenters. The monoisotopic (exact) mass is 420 g/mol. The predicted octanol–water partition coefficient (Wildman–Crippen LogP) is 8.22. The summed E-state index contributed by atoms with van der Waals surface area (Å²) in [5.74, 6) is 0. The van der Waals surface area contributed by atoms with E-state index in [1.807, 2.05) is 0 Å². The average Bonchev–Trinajstić information content (AvgIpc) is 3.28. The van der Waals surface area contributed by atoms with E-state index in [1.54, 1.807) is 0 Å². The van der Waals surface area contributed by atoms with Crippen LogP contribution >= 0.6 is 0 Å². The average molecular weight is 421 g/mol. The number of hydrogen-bond acceptors (Lipinski definition) is 1. The normalized spacial score (nSPS) is 11.6. The van der Waals surface area contributed by atoms with E-state index >= 15 is 0 Å². The molecule has 0 aliphatic heterocycles. The van der Waals surface area contributed by atoms with Crippen LogP contribution in [0.25, 0.3) is 59.9 Å². The van der Waals surface area contributed by atoms with E-state index in [0.29, 0.717) is 0 Å². The number of rotatable bonds is 0. The molecule has 6 bridgehead atoms. The summed E-state index contributed by atoms with van der Waals surface area (Å²) >= 11 is 0. The fourth-order valence-electron chi connectivity index (χ4n) is 4.98. The number of fused-ring (bicyclic) bond motifs is 15. The summed E-state index contributed by atoms with van der Waals surface area (Å²) in [6.45, 7) is 0. The number of nitrogens with zero attached hydrogens (tertiary/aromatic N) is 2. The summed E-state index contributed by atoms with van der Waals surface area (Å²) in [7, 11) is 0. The van der Waals surface area contributed by atoms with Crippen LogP contribution in [0.1, 0.15) is 0 Å². The molecule has 0 fully saturated rings. The van der Waals surface area contributed by atoms with Gasteiger partial charge < -0.3 is 0 Å². The molecule has 0 saturated heterocycles. The van der Waals surface area contributed by atoms with Gasteiger partial charge in [-0.2, -0.15) is 0 Å². The van der Waals surface area contributed by atoms with Crippen molar-refractivity contribution < 1.29 is 0 Å². The molecule has 0 saturated carbocycles. The summed E-state index contributed by atoms with van der Waals surface area (Å²) in [5.41, 5.74) is 4.18. The first kappa shape index (κ1) is 18.2. The molecule has 2 heterocycles. The van der Waals surface area contributed by atoms with Crippen LogP contribution in [0, 0.1) is 0 Å². The van der Waals surface area contributed by atoms with E-state index in [2.05, 4.69) is 126 Å². The van der Waals surface area contributed by atoms with Gasteiger partial charge in [-0.15, -0.1) is 0 Å². The van der Waals surface area contributed by atoms with Crippen LogP contribution < -0.4 is 0 Å². The first-order chi connectivity index (χ1) is 16.3. The van der Waals surface area contributed by atoms with Crippen molar-refractivity contribution in [2.24, 2.45) is 0 Å². The smallest absolute Gasteiger partial charge is 0.145 e. The van der Waals surface area contributed by atoms with Gasteiger partial charge >= 0.3 is 0 Å². The molecule has 2 nitrogen and oxygen atoms in total. The third-order valence-corrected chi connectivity index (χ3v) is 6.53. The number of benzene rings is 5. The van der Waals surface area contributed by atoms with E-state index in [0.717, 1.165) is 27.6 Å². The maximum Gasteiger partial charge on any atom is 0.145 e. The van der Waals surface area contributed by atoms with Crippen molar-refractivity contribution in [3.63, 3.8) is 0 Å². The maximum atomic E-state index is 5.07. The largest absolute Gasteiger partial charge is 0.292 e. The van der Waals surface area contributed by atoms with E-state index in [9.17, 15) is 0 Å². The van der Waals surface area contributed by atoms with Crippen molar-refractivity contribution in [3.05, 3.63) is 121 Å². The molecular weight excluding hydrogens is 400 g/mol. The zero-order valence-electron chi connectivity index (χ0n) is 17.9. The highest BCUT2D eigenvalue weighted by Crippen LogP contribution is 2.28. The van der Waals surface area contributed by atoms with Crippen LogP contribution in [0.4, 0.5) is 0 Å². The van der Waals surface area contributed by atoms with Crippen molar-refractivity contribution in [2.45, 2.75) is 0 Å². The zero-order valence-corrected chi connectivity index (χ0v) is 17.9. The molecule has 2 heteroatoms. The molecule has 33 heavy (non-hydrogen) atoms. The minimum absolute atomic E-state index is 0.957. The molecule has 0 spiro atoms. The number of aromatic nitrogens is 2. The third kappa shape index (κ3) is 2.85. The van der Waals surface area contributed by atoms with Crippen LogP contribution in [0.15, 0.2) is 121 Å². The SMILES string of the molecule is c1cc2cc(c1)c1ccccc1c1cccc(c1)n1c3ccccc3nc1c1cccc2c1. The van der Waals surface area contributed by atoms with Crippen LogP contribution in [-0.2, 0) is 0 Å². The fourth-order valence-corrected chi connectivity index (χ4v) is 4.98. The van der Waals surface area contributed by atoms with Crippen molar-refractivity contribution >= 4 is 59.9 Å². The van der Waals surface area contributed by atoms with Gasteiger partial charge in [0.1, 0.15) is 5.65 Å². The molecule has 0 amide bonds. The van der Waals surface area contributed by atoms with Crippen LogP contribution in [0.2, 0.25) is 0 Å². The first-order valence-corrected chi connectivity index (χ1v) is 11.2. The maximum absolute atomic E-state index is 5.07. The van der Waals surface area contributed by atoms with Gasteiger partial charge in [0.05, 0.1) is 11.0 Å². The Hall–Kier alpha value is -4.43. The summed E-state index contributed by atoms with van der Waals surface area (Å²) in [6.07, 6.45) is 0. The van der Waals surface area contributed by atoms with Crippen LogP contribution in [0.5, 0.6) is 0 Å². The molecule has 7 rings (SSSR count). The van der Waals surface area contributed by atoms with E-state index < -0.39 is 0 Å². The highest BCUT2D eigenvalue weighted by molar-refractivity contribution is 6.08. The first-order valence-electron chi connectivity index (χ1n) is 11.2. The summed E-state index contributed by atoms with van der Waals surface area (Å²) in [6, 6.07) is 43.4. The molecule has 0 aliphatic rings. The number of hydrogen-bond donors (Lipinski definition) is 0. The molecular formula is C31H20N2. The van der Waals surface area contributed by atoms with E-state index in [1.165, 1.54) is 32.3 Å². The zero-order chi connectivity index (χ0) is 21.8. The Balaban J connectivity index is 1.88. The van der Waals surface area contributed by atoms with Gasteiger partial charge in [0, 0.05) is 10.9 Å². The second-order valence-electron chi connectivity index (χ2n) is 8.52. The lowest BCUT2D eigenvalue weighted by Gasteiger charge is -2.02. The predicted molar refractivity (Wildman–Crippen MR) is 140 cm³/mol. The van der Waals surface area contributed by atoms with Gasteiger partial charge in [-0.05, 0) is 68.7 Å². The van der Waals surface area contributed by atoms with Crippen molar-refractivity contribution in [1.82, 2.24) is 9.38 Å².